The molecule has 0 saturated heterocycles. The van der Waals surface area contributed by atoms with Crippen LogP contribution in [0, 0.1) is 0 Å². The van der Waals surface area contributed by atoms with Crippen molar-refractivity contribution in [3.8, 4) is 11.1 Å². The van der Waals surface area contributed by atoms with Gasteiger partial charge in [0.05, 0.1) is 6.21 Å². The summed E-state index contributed by atoms with van der Waals surface area (Å²) < 4.78 is 0. The van der Waals surface area contributed by atoms with Crippen molar-refractivity contribution in [3.05, 3.63) is 90.0 Å². The van der Waals surface area contributed by atoms with Crippen molar-refractivity contribution in [2.24, 2.45) is 5.16 Å². The largest absolute Gasteiger partial charge is 0.386 e. The molecule has 3 aromatic rings. The van der Waals surface area contributed by atoms with Gasteiger partial charge in [-0.1, -0.05) is 84.9 Å². The molecular formula is C23H22N2O2. The lowest BCUT2D eigenvalue weighted by atomic mass is 10.0. The van der Waals surface area contributed by atoms with Crippen LogP contribution in [0.4, 0.5) is 5.69 Å². The molecule has 0 spiro atoms. The summed E-state index contributed by atoms with van der Waals surface area (Å²) in [4.78, 5) is 17.3. The number of benzene rings is 3. The van der Waals surface area contributed by atoms with Gasteiger partial charge >= 0.3 is 0 Å². The van der Waals surface area contributed by atoms with Crippen LogP contribution in [0.15, 0.2) is 84.0 Å². The maximum atomic E-state index is 12.2. The molecule has 4 nitrogen and oxygen atoms in total. The highest BCUT2D eigenvalue weighted by Crippen LogP contribution is 2.27. The van der Waals surface area contributed by atoms with Gasteiger partial charge in [0.25, 0.3) is 5.91 Å². The molecule has 1 N–H and O–H groups in total. The minimum atomic E-state index is -0.253. The number of hydrogen-bond donors (Lipinski definition) is 1. The Morgan fingerprint density at radius 2 is 1.67 bits per heavy atom. The summed E-state index contributed by atoms with van der Waals surface area (Å²) in [5.41, 5.74) is 4.96. The number of nitrogens with one attached hydrogen (secondary N) is 1. The number of rotatable bonds is 7. The van der Waals surface area contributed by atoms with Crippen LogP contribution in [-0.2, 0) is 16.1 Å². The zero-order valence-corrected chi connectivity index (χ0v) is 15.3. The van der Waals surface area contributed by atoms with Crippen LogP contribution < -0.4 is 5.32 Å². The molecule has 0 fully saturated rings. The minimum Gasteiger partial charge on any atom is -0.386 e. The Labute approximate surface area is 159 Å². The minimum absolute atomic E-state index is 0.146. The summed E-state index contributed by atoms with van der Waals surface area (Å²) in [5.74, 6) is -0.253. The zero-order chi connectivity index (χ0) is 18.9. The Morgan fingerprint density at radius 3 is 2.41 bits per heavy atom. The third-order valence-corrected chi connectivity index (χ3v) is 4.15. The summed E-state index contributed by atoms with van der Waals surface area (Å²) in [5, 5.41) is 6.76. The Hall–Kier alpha value is -3.40. The Kier molecular flexibility index (Phi) is 6.36. The quantitative estimate of drug-likeness (QED) is 0.482. The maximum absolute atomic E-state index is 12.2. The molecule has 0 heterocycles. The molecule has 0 radical (unpaired) electrons. The van der Waals surface area contributed by atoms with Gasteiger partial charge in [0.1, 0.15) is 0 Å². The number of oxime groups is 1. The third-order valence-electron chi connectivity index (χ3n) is 4.15. The van der Waals surface area contributed by atoms with Gasteiger partial charge in [-0.2, -0.15) is 0 Å². The zero-order valence-electron chi connectivity index (χ0n) is 15.3. The summed E-state index contributed by atoms with van der Waals surface area (Å²) in [6.45, 7) is 1.97. The third kappa shape index (κ3) is 5.28. The fourth-order valence-electron chi connectivity index (χ4n) is 2.68. The first-order chi connectivity index (χ1) is 13.3. The van der Waals surface area contributed by atoms with Crippen molar-refractivity contribution in [2.45, 2.75) is 13.3 Å². The normalized spacial score (nSPS) is 10.7. The summed E-state index contributed by atoms with van der Waals surface area (Å²) in [6, 6.07) is 25.7. The van der Waals surface area contributed by atoms with Crippen molar-refractivity contribution in [3.63, 3.8) is 0 Å². The van der Waals surface area contributed by atoms with Gasteiger partial charge in [-0.25, -0.2) is 0 Å². The molecule has 0 atom stereocenters. The standard InChI is InChI=1S/C23H22N2O2/c1-2-18-12-14-19(15-13-18)16-24-27-17-23(26)25-22-11-7-6-10-21(22)20-8-4-3-5-9-20/h3-16H,2,17H2,1H3,(H,25,26)/b24-16-. The van der Waals surface area contributed by atoms with E-state index in [1.165, 1.54) is 5.56 Å². The van der Waals surface area contributed by atoms with E-state index < -0.39 is 0 Å². The van der Waals surface area contributed by atoms with E-state index in [0.29, 0.717) is 0 Å². The number of para-hydroxylation sites is 1. The smallest absolute Gasteiger partial charge is 0.265 e. The molecule has 0 unspecified atom stereocenters. The van der Waals surface area contributed by atoms with Crippen LogP contribution in [0.5, 0.6) is 0 Å². The number of carbonyl (C=O) groups is 1. The van der Waals surface area contributed by atoms with Crippen LogP contribution in [0.3, 0.4) is 0 Å². The van der Waals surface area contributed by atoms with Crippen LogP contribution in [0.1, 0.15) is 18.1 Å². The van der Waals surface area contributed by atoms with Gasteiger partial charge in [0.2, 0.25) is 0 Å². The molecule has 0 bridgehead atoms. The van der Waals surface area contributed by atoms with E-state index in [1.807, 2.05) is 66.7 Å². The SMILES string of the molecule is CCc1ccc(/C=N\OCC(=O)Nc2ccccc2-c2ccccc2)cc1. The lowest BCUT2D eigenvalue weighted by Gasteiger charge is -2.10. The molecule has 0 aliphatic heterocycles. The molecule has 136 valence electrons. The van der Waals surface area contributed by atoms with E-state index in [4.69, 9.17) is 4.84 Å². The fourth-order valence-corrected chi connectivity index (χ4v) is 2.68. The molecule has 0 aliphatic carbocycles. The Balaban J connectivity index is 1.56. The van der Waals surface area contributed by atoms with Gasteiger partial charge < -0.3 is 10.2 Å². The number of aryl methyl sites for hydroxylation is 1. The molecule has 0 saturated carbocycles. The second-order valence-electron chi connectivity index (χ2n) is 6.06. The van der Waals surface area contributed by atoms with E-state index in [2.05, 4.69) is 29.5 Å². The van der Waals surface area contributed by atoms with Crippen LogP contribution in [-0.4, -0.2) is 18.7 Å². The highest BCUT2D eigenvalue weighted by molar-refractivity contribution is 5.96. The average Bonchev–Trinajstić information content (AvgIpc) is 2.73. The molecule has 27 heavy (non-hydrogen) atoms. The highest BCUT2D eigenvalue weighted by atomic mass is 16.6. The van der Waals surface area contributed by atoms with Gasteiger partial charge in [-0.05, 0) is 29.2 Å². The first-order valence-corrected chi connectivity index (χ1v) is 8.95. The first-order valence-electron chi connectivity index (χ1n) is 8.95. The van der Waals surface area contributed by atoms with Crippen molar-refractivity contribution in [2.75, 3.05) is 11.9 Å². The fraction of sp³-hybridized carbons (Fsp3) is 0.130. The Bertz CT molecular complexity index is 903. The van der Waals surface area contributed by atoms with Crippen molar-refractivity contribution >= 4 is 17.8 Å². The van der Waals surface area contributed by atoms with Crippen molar-refractivity contribution in [1.82, 2.24) is 0 Å². The monoisotopic (exact) mass is 358 g/mol. The number of hydrogen-bond acceptors (Lipinski definition) is 3. The molecule has 3 aromatic carbocycles. The molecule has 3 rings (SSSR count). The first kappa shape index (κ1) is 18.4. The van der Waals surface area contributed by atoms with Gasteiger partial charge in [-0.15, -0.1) is 0 Å². The second kappa shape index (κ2) is 9.34. The number of nitrogens with zero attached hydrogens (tertiary/aromatic N) is 1. The lowest BCUT2D eigenvalue weighted by Crippen LogP contribution is -2.17. The molecule has 1 amide bonds. The number of carbonyl (C=O) groups excluding carboxylic acids is 1. The summed E-state index contributed by atoms with van der Waals surface area (Å²) in [7, 11) is 0. The topological polar surface area (TPSA) is 50.7 Å². The average molecular weight is 358 g/mol. The summed E-state index contributed by atoms with van der Waals surface area (Å²) in [6.07, 6.45) is 2.60. The predicted molar refractivity (Wildman–Crippen MR) is 110 cm³/mol. The van der Waals surface area contributed by atoms with E-state index in [1.54, 1.807) is 6.21 Å². The van der Waals surface area contributed by atoms with Gasteiger partial charge in [0, 0.05) is 11.3 Å². The molecule has 0 aromatic heterocycles. The molecular weight excluding hydrogens is 336 g/mol. The van der Waals surface area contributed by atoms with Crippen LogP contribution >= 0.6 is 0 Å². The highest BCUT2D eigenvalue weighted by Gasteiger charge is 2.08. The summed E-state index contributed by atoms with van der Waals surface area (Å²) >= 11 is 0. The van der Waals surface area contributed by atoms with E-state index >= 15 is 0 Å². The van der Waals surface area contributed by atoms with Crippen LogP contribution in [0.25, 0.3) is 11.1 Å². The van der Waals surface area contributed by atoms with Gasteiger partial charge in [-0.3, -0.25) is 4.79 Å². The number of anilines is 1. The van der Waals surface area contributed by atoms with Gasteiger partial charge in [0.15, 0.2) is 6.61 Å². The second-order valence-corrected chi connectivity index (χ2v) is 6.06. The number of amides is 1. The predicted octanol–water partition coefficient (Wildman–Crippen LogP) is 4.91. The van der Waals surface area contributed by atoms with E-state index in [9.17, 15) is 4.79 Å². The van der Waals surface area contributed by atoms with Crippen molar-refractivity contribution in [1.29, 1.82) is 0 Å². The molecule has 0 aliphatic rings. The lowest BCUT2D eigenvalue weighted by molar-refractivity contribution is -0.120. The maximum Gasteiger partial charge on any atom is 0.265 e. The van der Waals surface area contributed by atoms with E-state index in [0.717, 1.165) is 28.8 Å². The Morgan fingerprint density at radius 1 is 0.963 bits per heavy atom. The molecule has 4 heteroatoms. The van der Waals surface area contributed by atoms with E-state index in [-0.39, 0.29) is 12.5 Å². The van der Waals surface area contributed by atoms with Crippen LogP contribution in [0.2, 0.25) is 0 Å². The van der Waals surface area contributed by atoms with Crippen molar-refractivity contribution < 1.29 is 9.63 Å².